The first-order chi connectivity index (χ1) is 12.9. The van der Waals surface area contributed by atoms with Gasteiger partial charge in [0.25, 0.3) is 5.91 Å². The number of aromatic nitrogens is 1. The number of carbonyl (C=O) groups is 1. The molecule has 0 aliphatic carbocycles. The molecule has 0 aliphatic rings. The molecule has 0 saturated heterocycles. The molecule has 1 amide bonds. The first-order valence-electron chi connectivity index (χ1n) is 8.45. The number of benzene rings is 1. The highest BCUT2D eigenvalue weighted by Gasteiger charge is 2.14. The van der Waals surface area contributed by atoms with Crippen LogP contribution in [0.1, 0.15) is 23.7 Å². The molecule has 0 bridgehead atoms. The van der Waals surface area contributed by atoms with E-state index in [-0.39, 0.29) is 23.1 Å². The van der Waals surface area contributed by atoms with Crippen LogP contribution in [0.3, 0.4) is 0 Å². The Kier molecular flexibility index (Phi) is 7.56. The van der Waals surface area contributed by atoms with Crippen LogP contribution in [0.25, 0.3) is 0 Å². The van der Waals surface area contributed by atoms with Crippen LogP contribution in [0, 0.1) is 0 Å². The highest BCUT2D eigenvalue weighted by atomic mass is 32.2. The fraction of sp³-hybridized carbons (Fsp3) is 0.333. The fourth-order valence-corrected chi connectivity index (χ4v) is 2.78. The van der Waals surface area contributed by atoms with Crippen molar-refractivity contribution in [3.8, 4) is 11.6 Å². The maximum atomic E-state index is 12.3. The van der Waals surface area contributed by atoms with E-state index in [1.807, 2.05) is 0 Å². The third kappa shape index (κ3) is 6.54. The predicted octanol–water partition coefficient (Wildman–Crippen LogP) is 2.40. The predicted molar refractivity (Wildman–Crippen MR) is 103 cm³/mol. The zero-order valence-electron chi connectivity index (χ0n) is 15.3. The number of nitrogens with zero attached hydrogens (tertiary/aromatic N) is 1. The molecule has 0 fully saturated rings. The normalized spacial score (nSPS) is 11.0. The second kappa shape index (κ2) is 9.89. The molecular formula is C18H23N3O5S. The van der Waals surface area contributed by atoms with Crippen LogP contribution >= 0.6 is 0 Å². The van der Waals surface area contributed by atoms with Crippen LogP contribution in [0.5, 0.6) is 11.6 Å². The molecule has 2 N–H and O–H groups in total. The van der Waals surface area contributed by atoms with Crippen LogP contribution in [0.4, 0.5) is 5.69 Å². The lowest BCUT2D eigenvalue weighted by molar-refractivity contribution is 0.0945. The zero-order chi connectivity index (χ0) is 19.7. The van der Waals surface area contributed by atoms with E-state index in [0.717, 1.165) is 0 Å². The van der Waals surface area contributed by atoms with E-state index in [2.05, 4.69) is 15.0 Å². The Hall–Kier alpha value is -2.65. The van der Waals surface area contributed by atoms with Gasteiger partial charge in [-0.3, -0.25) is 9.52 Å². The van der Waals surface area contributed by atoms with Gasteiger partial charge in [-0.1, -0.05) is 6.07 Å². The minimum absolute atomic E-state index is 0.0360. The van der Waals surface area contributed by atoms with Gasteiger partial charge in [-0.05, 0) is 37.6 Å². The molecule has 0 unspecified atom stereocenters. The Morgan fingerprint density at radius 2 is 2.04 bits per heavy atom. The topological polar surface area (TPSA) is 107 Å². The highest BCUT2D eigenvalue weighted by molar-refractivity contribution is 7.92. The van der Waals surface area contributed by atoms with E-state index in [0.29, 0.717) is 31.0 Å². The van der Waals surface area contributed by atoms with Gasteiger partial charge >= 0.3 is 0 Å². The summed E-state index contributed by atoms with van der Waals surface area (Å²) in [6, 6.07) is 9.69. The summed E-state index contributed by atoms with van der Waals surface area (Å²) in [4.78, 5) is 16.5. The second-order valence-corrected chi connectivity index (χ2v) is 7.60. The molecule has 9 heteroatoms. The molecule has 2 rings (SSSR count). The average Bonchev–Trinajstić information content (AvgIpc) is 2.65. The second-order valence-electron chi connectivity index (χ2n) is 5.59. The summed E-state index contributed by atoms with van der Waals surface area (Å²) >= 11 is 0. The van der Waals surface area contributed by atoms with E-state index in [4.69, 9.17) is 9.47 Å². The Morgan fingerprint density at radius 3 is 2.78 bits per heavy atom. The number of pyridine rings is 1. The van der Waals surface area contributed by atoms with E-state index in [9.17, 15) is 13.2 Å². The van der Waals surface area contributed by atoms with Crippen molar-refractivity contribution in [2.24, 2.45) is 0 Å². The Morgan fingerprint density at radius 1 is 1.22 bits per heavy atom. The molecule has 2 aromatic rings. The van der Waals surface area contributed by atoms with Crippen LogP contribution < -0.4 is 14.8 Å². The maximum Gasteiger partial charge on any atom is 0.256 e. The first kappa shape index (κ1) is 20.7. The zero-order valence-corrected chi connectivity index (χ0v) is 16.1. The number of sulfonamides is 1. The molecule has 1 aromatic heterocycles. The molecule has 27 heavy (non-hydrogen) atoms. The van der Waals surface area contributed by atoms with Gasteiger partial charge in [0.15, 0.2) is 0 Å². The summed E-state index contributed by atoms with van der Waals surface area (Å²) in [5.74, 6) is 0.152. The van der Waals surface area contributed by atoms with E-state index < -0.39 is 10.0 Å². The Bertz CT molecular complexity index is 871. The first-order valence-corrected chi connectivity index (χ1v) is 10.1. The molecule has 0 radical (unpaired) electrons. The molecule has 0 atom stereocenters. The van der Waals surface area contributed by atoms with Gasteiger partial charge in [-0.2, -0.15) is 0 Å². The minimum atomic E-state index is -3.39. The van der Waals surface area contributed by atoms with Gasteiger partial charge in [-0.25, -0.2) is 13.4 Å². The maximum absolute atomic E-state index is 12.3. The SMILES string of the molecule is CCS(=O)(=O)Nc1cccc(Oc2ncccc2C(=O)NCCCOC)c1. The van der Waals surface area contributed by atoms with Gasteiger partial charge in [0.1, 0.15) is 11.3 Å². The van der Waals surface area contributed by atoms with Crippen molar-refractivity contribution in [1.29, 1.82) is 0 Å². The third-order valence-electron chi connectivity index (χ3n) is 3.53. The van der Waals surface area contributed by atoms with E-state index in [1.54, 1.807) is 44.4 Å². The smallest absolute Gasteiger partial charge is 0.256 e. The van der Waals surface area contributed by atoms with Crippen molar-refractivity contribution < 1.29 is 22.7 Å². The van der Waals surface area contributed by atoms with Crippen LogP contribution in [-0.2, 0) is 14.8 Å². The fourth-order valence-electron chi connectivity index (χ4n) is 2.15. The molecule has 8 nitrogen and oxygen atoms in total. The standard InChI is InChI=1S/C18H23N3O5S/c1-3-27(23,24)21-14-7-4-8-15(13-14)26-18-16(9-5-10-20-18)17(22)19-11-6-12-25-2/h4-5,7-10,13,21H,3,6,11-12H2,1-2H3,(H,19,22). The summed E-state index contributed by atoms with van der Waals surface area (Å²) in [7, 11) is -1.79. The summed E-state index contributed by atoms with van der Waals surface area (Å²) in [5.41, 5.74) is 0.658. The molecular weight excluding hydrogens is 370 g/mol. The van der Waals surface area contributed by atoms with E-state index in [1.165, 1.54) is 12.3 Å². The van der Waals surface area contributed by atoms with Gasteiger partial charge < -0.3 is 14.8 Å². The lowest BCUT2D eigenvalue weighted by atomic mass is 10.2. The summed E-state index contributed by atoms with van der Waals surface area (Å²) in [6.07, 6.45) is 2.21. The van der Waals surface area contributed by atoms with Crippen molar-refractivity contribution in [3.05, 3.63) is 48.2 Å². The number of amides is 1. The van der Waals surface area contributed by atoms with Crippen LogP contribution in [0.15, 0.2) is 42.6 Å². The molecule has 0 spiro atoms. The monoisotopic (exact) mass is 393 g/mol. The molecule has 0 saturated carbocycles. The lowest BCUT2D eigenvalue weighted by Crippen LogP contribution is -2.25. The van der Waals surface area contributed by atoms with Crippen molar-refractivity contribution in [1.82, 2.24) is 10.3 Å². The highest BCUT2D eigenvalue weighted by Crippen LogP contribution is 2.25. The van der Waals surface area contributed by atoms with Crippen molar-refractivity contribution in [2.75, 3.05) is 30.7 Å². The van der Waals surface area contributed by atoms with Gasteiger partial charge in [0, 0.05) is 32.5 Å². The number of ether oxygens (including phenoxy) is 2. The van der Waals surface area contributed by atoms with Gasteiger partial charge in [-0.15, -0.1) is 0 Å². The molecule has 146 valence electrons. The summed E-state index contributed by atoms with van der Waals surface area (Å²) in [6.45, 7) is 2.57. The molecule has 1 aromatic carbocycles. The lowest BCUT2D eigenvalue weighted by Gasteiger charge is -2.12. The van der Waals surface area contributed by atoms with Crippen molar-refractivity contribution >= 4 is 21.6 Å². The number of methoxy groups -OCH3 is 1. The Labute approximate surface area is 159 Å². The van der Waals surface area contributed by atoms with Crippen molar-refractivity contribution in [2.45, 2.75) is 13.3 Å². The van der Waals surface area contributed by atoms with Crippen LogP contribution in [0.2, 0.25) is 0 Å². The van der Waals surface area contributed by atoms with Gasteiger partial charge in [0.2, 0.25) is 15.9 Å². The number of carbonyl (C=O) groups excluding carboxylic acids is 1. The van der Waals surface area contributed by atoms with Crippen LogP contribution in [-0.4, -0.2) is 45.3 Å². The largest absolute Gasteiger partial charge is 0.438 e. The number of hydrogen-bond donors (Lipinski definition) is 2. The number of anilines is 1. The minimum Gasteiger partial charge on any atom is -0.438 e. The molecule has 0 aliphatic heterocycles. The number of nitrogens with one attached hydrogen (secondary N) is 2. The third-order valence-corrected chi connectivity index (χ3v) is 4.84. The number of rotatable bonds is 10. The van der Waals surface area contributed by atoms with E-state index >= 15 is 0 Å². The summed E-state index contributed by atoms with van der Waals surface area (Å²) in [5, 5.41) is 2.78. The average molecular weight is 393 g/mol. The quantitative estimate of drug-likeness (QED) is 0.600. The molecule has 1 heterocycles. The number of hydrogen-bond acceptors (Lipinski definition) is 6. The Balaban J connectivity index is 2.13. The van der Waals surface area contributed by atoms with Gasteiger partial charge in [0.05, 0.1) is 11.4 Å². The van der Waals surface area contributed by atoms with Crippen molar-refractivity contribution in [3.63, 3.8) is 0 Å². The summed E-state index contributed by atoms with van der Waals surface area (Å²) < 4.78 is 36.5.